The van der Waals surface area contributed by atoms with Crippen LogP contribution < -0.4 is 4.90 Å². The minimum Gasteiger partial charge on any atom is -0.325 e. The SMILES string of the molecule is CN(C=N)C(=N)CC1(c2cccc(N3Cc4c(cc(CN5CC6CCC(F)(F)C6C5)cc4C(F)(F)F)C3=O)c2)CC(C#N)C1. The lowest BCUT2D eigenvalue weighted by Gasteiger charge is -2.46. The molecule has 2 saturated carbocycles. The molecule has 0 radical (unpaired) electrons. The van der Waals surface area contributed by atoms with E-state index in [2.05, 4.69) is 6.07 Å². The van der Waals surface area contributed by atoms with Gasteiger partial charge in [0, 0.05) is 68.0 Å². The van der Waals surface area contributed by atoms with Crippen LogP contribution in [0.2, 0.25) is 0 Å². The van der Waals surface area contributed by atoms with Gasteiger partial charge in [-0.3, -0.25) is 20.5 Å². The van der Waals surface area contributed by atoms with Crippen LogP contribution >= 0.6 is 0 Å². The van der Waals surface area contributed by atoms with Crippen LogP contribution in [0, 0.1) is 39.9 Å². The van der Waals surface area contributed by atoms with E-state index in [1.54, 1.807) is 30.1 Å². The number of carbonyl (C=O) groups excluding carboxylic acids is 1. The molecule has 4 aliphatic rings. The average molecular weight is 613 g/mol. The Morgan fingerprint density at radius 2 is 1.95 bits per heavy atom. The van der Waals surface area contributed by atoms with E-state index in [-0.39, 0.29) is 66.8 Å². The Morgan fingerprint density at radius 3 is 2.61 bits per heavy atom. The molecule has 1 saturated heterocycles. The second-order valence-corrected chi connectivity index (χ2v) is 12.8. The molecule has 3 fully saturated rings. The van der Waals surface area contributed by atoms with Gasteiger partial charge in [0.2, 0.25) is 0 Å². The zero-order valence-electron chi connectivity index (χ0n) is 24.2. The number of likely N-dealkylation sites (tertiary alicyclic amines) is 1. The number of rotatable bonds is 7. The van der Waals surface area contributed by atoms with Crippen molar-refractivity contribution in [3.63, 3.8) is 0 Å². The smallest absolute Gasteiger partial charge is 0.325 e. The van der Waals surface area contributed by atoms with Gasteiger partial charge in [0.05, 0.1) is 24.5 Å². The van der Waals surface area contributed by atoms with Crippen molar-refractivity contribution >= 4 is 23.8 Å². The first-order valence-corrected chi connectivity index (χ1v) is 14.7. The van der Waals surface area contributed by atoms with Crippen LogP contribution in [0.4, 0.5) is 27.6 Å². The maximum atomic E-state index is 14.3. The van der Waals surface area contributed by atoms with Gasteiger partial charge >= 0.3 is 6.18 Å². The molecule has 1 amide bonds. The van der Waals surface area contributed by atoms with Crippen LogP contribution in [0.3, 0.4) is 0 Å². The van der Waals surface area contributed by atoms with Crippen molar-refractivity contribution in [2.45, 2.75) is 62.7 Å². The summed E-state index contributed by atoms with van der Waals surface area (Å²) in [6, 6.07) is 11.8. The van der Waals surface area contributed by atoms with Crippen LogP contribution in [0.15, 0.2) is 36.4 Å². The summed E-state index contributed by atoms with van der Waals surface area (Å²) < 4.78 is 71.6. The molecule has 0 bridgehead atoms. The van der Waals surface area contributed by atoms with Gasteiger partial charge in [0.25, 0.3) is 11.8 Å². The Balaban J connectivity index is 1.28. The lowest BCUT2D eigenvalue weighted by Crippen LogP contribution is -2.44. The van der Waals surface area contributed by atoms with Crippen molar-refractivity contribution in [2.75, 3.05) is 25.0 Å². The standard InChI is InChI=1S/C32H33F5N6O/c1-41(18-39)28(40)12-30(10-20(11-30)13-38)22-3-2-4-23(9-22)43-16-25-24(29(43)44)7-19(8-26(25)32(35,36)37)14-42-15-21-5-6-31(33,34)27(21)17-42/h2-4,7-9,18,20-21,27,39-40H,5-6,10-12,14-17H2,1H3. The number of nitrogens with one attached hydrogen (secondary N) is 2. The average Bonchev–Trinajstić information content (AvgIpc) is 3.61. The van der Waals surface area contributed by atoms with Gasteiger partial charge in [-0.05, 0) is 66.1 Å². The number of amidine groups is 1. The Morgan fingerprint density at radius 1 is 1.20 bits per heavy atom. The van der Waals surface area contributed by atoms with Gasteiger partial charge in [-0.2, -0.15) is 18.4 Å². The molecule has 2 N–H and O–H groups in total. The minimum absolute atomic E-state index is 0.0396. The van der Waals surface area contributed by atoms with Crippen LogP contribution in [0.1, 0.15) is 64.7 Å². The molecule has 0 aromatic heterocycles. The van der Waals surface area contributed by atoms with E-state index < -0.39 is 34.9 Å². The summed E-state index contributed by atoms with van der Waals surface area (Å²) in [6.07, 6.45) is -2.19. The maximum absolute atomic E-state index is 14.3. The first kappa shape index (κ1) is 30.2. The van der Waals surface area contributed by atoms with E-state index in [1.165, 1.54) is 15.9 Å². The predicted octanol–water partition coefficient (Wildman–Crippen LogP) is 6.42. The zero-order chi connectivity index (χ0) is 31.6. The normalized spacial score (nSPS) is 27.4. The molecule has 2 aliphatic heterocycles. The fourth-order valence-electron chi connectivity index (χ4n) is 7.69. The van der Waals surface area contributed by atoms with Crippen molar-refractivity contribution in [1.82, 2.24) is 9.80 Å². The molecule has 232 valence electrons. The van der Waals surface area contributed by atoms with Gasteiger partial charge < -0.3 is 9.80 Å². The predicted molar refractivity (Wildman–Crippen MR) is 154 cm³/mol. The summed E-state index contributed by atoms with van der Waals surface area (Å²) in [4.78, 5) is 18.2. The lowest BCUT2D eigenvalue weighted by atomic mass is 9.57. The Hall–Kier alpha value is -3.85. The third-order valence-corrected chi connectivity index (χ3v) is 10.1. The molecule has 12 heteroatoms. The number of nitrogens with zero attached hydrogens (tertiary/aromatic N) is 4. The Labute approximate surface area is 252 Å². The summed E-state index contributed by atoms with van der Waals surface area (Å²) in [5.74, 6) is -4.31. The van der Waals surface area contributed by atoms with Gasteiger partial charge in [-0.15, -0.1) is 0 Å². The molecule has 7 nitrogen and oxygen atoms in total. The Kier molecular flexibility index (Phi) is 7.31. The number of hydrogen-bond acceptors (Lipinski definition) is 5. The fourth-order valence-corrected chi connectivity index (χ4v) is 7.69. The molecule has 2 heterocycles. The molecule has 44 heavy (non-hydrogen) atoms. The van der Waals surface area contributed by atoms with Gasteiger partial charge in [0.1, 0.15) is 5.84 Å². The summed E-state index contributed by atoms with van der Waals surface area (Å²) in [6.45, 7) is 0.297. The van der Waals surface area contributed by atoms with E-state index in [4.69, 9.17) is 10.8 Å². The number of amides is 1. The molecule has 2 aromatic rings. The zero-order valence-corrected chi connectivity index (χ0v) is 24.2. The Bertz CT molecular complexity index is 1560. The number of nitriles is 1. The lowest BCUT2D eigenvalue weighted by molar-refractivity contribution is -0.138. The second-order valence-electron chi connectivity index (χ2n) is 12.8. The highest BCUT2D eigenvalue weighted by Crippen LogP contribution is 2.52. The third kappa shape index (κ3) is 5.15. The highest BCUT2D eigenvalue weighted by molar-refractivity contribution is 6.10. The summed E-state index contributed by atoms with van der Waals surface area (Å²) in [5, 5.41) is 25.3. The monoisotopic (exact) mass is 612 g/mol. The number of hydrogen-bond donors (Lipinski definition) is 2. The molecule has 0 spiro atoms. The van der Waals surface area contributed by atoms with Crippen molar-refractivity contribution in [2.24, 2.45) is 17.8 Å². The molecule has 2 unspecified atom stereocenters. The largest absolute Gasteiger partial charge is 0.416 e. The minimum atomic E-state index is -4.71. The van der Waals surface area contributed by atoms with Crippen LogP contribution in [-0.2, 0) is 24.7 Å². The highest BCUT2D eigenvalue weighted by Gasteiger charge is 2.54. The number of halogens is 5. The van der Waals surface area contributed by atoms with Crippen LogP contribution in [0.5, 0.6) is 0 Å². The van der Waals surface area contributed by atoms with Gasteiger partial charge in [-0.1, -0.05) is 12.1 Å². The number of benzene rings is 2. The summed E-state index contributed by atoms with van der Waals surface area (Å²) in [7, 11) is 1.59. The van der Waals surface area contributed by atoms with Crippen molar-refractivity contribution < 1.29 is 26.7 Å². The van der Waals surface area contributed by atoms with E-state index in [0.29, 0.717) is 31.5 Å². The molecule has 2 atom stereocenters. The van der Waals surface area contributed by atoms with Crippen molar-refractivity contribution in [3.8, 4) is 6.07 Å². The summed E-state index contributed by atoms with van der Waals surface area (Å²) >= 11 is 0. The van der Waals surface area contributed by atoms with Crippen LogP contribution in [0.25, 0.3) is 0 Å². The van der Waals surface area contributed by atoms with Crippen molar-refractivity contribution in [3.05, 3.63) is 64.2 Å². The molecule has 2 aliphatic carbocycles. The van der Waals surface area contributed by atoms with Crippen LogP contribution in [-0.4, -0.2) is 53.9 Å². The van der Waals surface area contributed by atoms with E-state index in [0.717, 1.165) is 18.0 Å². The number of alkyl halides is 5. The number of fused-ring (bicyclic) bond motifs is 2. The molecular formula is C32H33F5N6O. The first-order valence-electron chi connectivity index (χ1n) is 14.7. The number of carbonyl (C=O) groups is 1. The molecule has 2 aromatic carbocycles. The van der Waals surface area contributed by atoms with Crippen molar-refractivity contribution in [1.29, 1.82) is 16.1 Å². The topological polar surface area (TPSA) is 98.3 Å². The van der Waals surface area contributed by atoms with E-state index >= 15 is 0 Å². The molecule has 6 rings (SSSR count). The van der Waals surface area contributed by atoms with Gasteiger partial charge in [-0.25, -0.2) is 8.78 Å². The highest BCUT2D eigenvalue weighted by atomic mass is 19.4. The first-order chi connectivity index (χ1) is 20.7. The third-order valence-electron chi connectivity index (χ3n) is 10.1. The number of anilines is 1. The maximum Gasteiger partial charge on any atom is 0.416 e. The quantitative estimate of drug-likeness (QED) is 0.214. The van der Waals surface area contributed by atoms with E-state index in [1.807, 2.05) is 6.07 Å². The van der Waals surface area contributed by atoms with Gasteiger partial charge in [0.15, 0.2) is 0 Å². The second kappa shape index (κ2) is 10.6. The molecular weight excluding hydrogens is 579 g/mol. The fraction of sp³-hybridized carbons (Fsp3) is 0.500. The summed E-state index contributed by atoms with van der Waals surface area (Å²) in [5.41, 5.74) is -0.150. The van der Waals surface area contributed by atoms with E-state index in [9.17, 15) is 32.0 Å².